The number of carboxylic acid groups (broad SMARTS) is 2. The molecule has 23 N–H and O–H groups in total. The van der Waals surface area contributed by atoms with E-state index < -0.39 is 217 Å². The van der Waals surface area contributed by atoms with Gasteiger partial charge in [-0.1, -0.05) is 13.8 Å². The van der Waals surface area contributed by atoms with Crippen LogP contribution in [0.5, 0.6) is 0 Å². The number of unbranched alkanes of at least 4 members (excludes halogenated alkanes) is 1. The van der Waals surface area contributed by atoms with E-state index in [4.69, 9.17) is 22.9 Å². The first-order chi connectivity index (χ1) is 46.7. The lowest BCUT2D eigenvalue weighted by Crippen LogP contribution is -2.62. The van der Waals surface area contributed by atoms with Gasteiger partial charge in [0.25, 0.3) is 0 Å². The number of nitrogens with zero attached hydrogens (tertiary/aromatic N) is 3. The molecule has 3 rings (SSSR count). The highest BCUT2D eigenvalue weighted by atomic mass is 32.1. The number of likely N-dealkylation sites (tertiary alicyclic amines) is 2. The zero-order valence-corrected chi connectivity index (χ0v) is 57.9. The van der Waals surface area contributed by atoms with E-state index in [1.807, 2.05) is 5.32 Å². The van der Waals surface area contributed by atoms with E-state index in [1.165, 1.54) is 9.80 Å². The molecule has 0 spiro atoms. The van der Waals surface area contributed by atoms with Crippen molar-refractivity contribution < 1.29 is 97.1 Å². The van der Waals surface area contributed by atoms with Crippen molar-refractivity contribution in [1.82, 2.24) is 68.3 Å². The number of guanidine groups is 1. The number of hydrogen-bond acceptors (Lipinski definition) is 23. The molecule has 0 aromatic carbocycles. The Morgan fingerprint density at radius 2 is 1.01 bits per heavy atom. The molecule has 41 heteroatoms. The highest BCUT2D eigenvalue weighted by molar-refractivity contribution is 7.80. The molecule has 0 aromatic rings. The topological polar surface area (TPSA) is 609 Å². The van der Waals surface area contributed by atoms with Crippen molar-refractivity contribution in [2.24, 2.45) is 33.8 Å². The van der Waals surface area contributed by atoms with Gasteiger partial charge in [0, 0.05) is 49.7 Å². The van der Waals surface area contributed by atoms with Crippen LogP contribution in [0.15, 0.2) is 4.99 Å². The van der Waals surface area contributed by atoms with Crippen LogP contribution in [0.4, 0.5) is 0 Å². The molecule has 0 bridgehead atoms. The van der Waals surface area contributed by atoms with Crippen LogP contribution < -0.4 is 81.4 Å². The molecule has 3 saturated heterocycles. The van der Waals surface area contributed by atoms with Gasteiger partial charge in [0.05, 0.1) is 19.1 Å². The molecule has 0 aromatic heterocycles. The Labute approximate surface area is 587 Å². The number of aliphatic hydroxyl groups excluding tert-OH is 2. The van der Waals surface area contributed by atoms with Crippen molar-refractivity contribution in [1.29, 1.82) is 0 Å². The zero-order valence-electron chi connectivity index (χ0n) is 55.2. The van der Waals surface area contributed by atoms with Crippen molar-refractivity contribution in [2.45, 2.75) is 202 Å². The van der Waals surface area contributed by atoms with Crippen LogP contribution in [0, 0.1) is 5.92 Å². The number of nitrogens with one attached hydrogen (secondary N) is 11. The second-order valence-electron chi connectivity index (χ2n) is 24.3. The van der Waals surface area contributed by atoms with E-state index in [0.29, 0.717) is 25.7 Å². The molecule has 3 fully saturated rings. The van der Waals surface area contributed by atoms with Gasteiger partial charge in [-0.25, -0.2) is 4.79 Å². The van der Waals surface area contributed by atoms with E-state index in [0.717, 1.165) is 6.92 Å². The van der Waals surface area contributed by atoms with Crippen LogP contribution in [0.25, 0.3) is 0 Å². The van der Waals surface area contributed by atoms with Crippen molar-refractivity contribution in [2.75, 3.05) is 50.0 Å². The Morgan fingerprint density at radius 1 is 0.566 bits per heavy atom. The van der Waals surface area contributed by atoms with Gasteiger partial charge in [0.15, 0.2) is 5.96 Å². The van der Waals surface area contributed by atoms with Crippen molar-refractivity contribution >= 4 is 138 Å². The molecule has 3 heterocycles. The number of rotatable bonds is 43. The van der Waals surface area contributed by atoms with Gasteiger partial charge in [-0.05, 0) is 96.4 Å². The van der Waals surface area contributed by atoms with Crippen molar-refractivity contribution in [3.8, 4) is 0 Å². The molecule has 0 radical (unpaired) electrons. The predicted octanol–water partition coefficient (Wildman–Crippen LogP) is -8.69. The summed E-state index contributed by atoms with van der Waals surface area (Å²) < 4.78 is 0. The predicted molar refractivity (Wildman–Crippen MR) is 361 cm³/mol. The van der Waals surface area contributed by atoms with Gasteiger partial charge in [-0.3, -0.25) is 76.9 Å². The number of carbonyl (C=O) groups excluding carboxylic acids is 14. The third-order valence-corrected chi connectivity index (χ3v) is 17.2. The highest BCUT2D eigenvalue weighted by Crippen LogP contribution is 2.24. The SMILES string of the molecule is CC(C)C[C@H](NC(=O)[C@@H]1CCCN1C(=O)[C@@H]1CCC(=O)N1)C(=O)N1CCC[C@H]1C(=O)N[C@@H](CC(=O)O)C(=O)N[C@@H](CS)C(=O)N[C@@H](CS)C(=O)N[C@@H](CCCN=C(N)N)C(=O)N[C@@H](CCC(N)=O)C(=O)N[C@@H](CCCCN)C(=O)N[C@H](C(=O)N[C@@H](CS)C(=O)N[C@@H](CO)C(=O)O)[C@@H](C)O. The first-order valence-electron chi connectivity index (χ1n) is 32.3. The van der Waals surface area contributed by atoms with E-state index in [2.05, 4.69) is 96.0 Å². The van der Waals surface area contributed by atoms with Crippen LogP contribution in [-0.2, 0) is 76.7 Å². The molecule has 0 saturated carbocycles. The lowest BCUT2D eigenvalue weighted by molar-refractivity contribution is -0.145. The summed E-state index contributed by atoms with van der Waals surface area (Å²) >= 11 is 12.4. The van der Waals surface area contributed by atoms with Gasteiger partial charge < -0.3 is 112 Å². The number of nitrogens with two attached hydrogens (primary N) is 4. The molecule has 38 nitrogen and oxygen atoms in total. The Bertz CT molecular complexity index is 2930. The number of aliphatic imine (C=N–C) groups is 1. The summed E-state index contributed by atoms with van der Waals surface area (Å²) in [4.78, 5) is 220. The average Bonchev–Trinajstić information content (AvgIpc) is 1.71. The molecule has 0 unspecified atom stereocenters. The van der Waals surface area contributed by atoms with Gasteiger partial charge in [-0.2, -0.15) is 37.9 Å². The monoisotopic (exact) mass is 1460 g/mol. The van der Waals surface area contributed by atoms with Crippen molar-refractivity contribution in [3.05, 3.63) is 0 Å². The minimum atomic E-state index is -1.88. The number of carbonyl (C=O) groups is 16. The molecule has 3 aliphatic rings. The van der Waals surface area contributed by atoms with Gasteiger partial charge in [-0.15, -0.1) is 0 Å². The normalized spacial score (nSPS) is 19.1. The lowest BCUT2D eigenvalue weighted by Gasteiger charge is -2.32. The third-order valence-electron chi connectivity index (χ3n) is 16.1. The average molecular weight is 1460 g/mol. The summed E-state index contributed by atoms with van der Waals surface area (Å²) in [7, 11) is 0. The summed E-state index contributed by atoms with van der Waals surface area (Å²) in [6, 6.07) is -19.4. The number of carboxylic acids is 2. The minimum Gasteiger partial charge on any atom is -0.481 e. The Kier molecular flexibility index (Phi) is 36.6. The quantitative estimate of drug-likeness (QED) is 0.0117. The molecule has 3 aliphatic heterocycles. The van der Waals surface area contributed by atoms with Gasteiger partial charge >= 0.3 is 11.9 Å². The van der Waals surface area contributed by atoms with E-state index >= 15 is 0 Å². The number of hydrogen-bond donors (Lipinski definition) is 22. The first-order valence-corrected chi connectivity index (χ1v) is 34.2. The molecule has 556 valence electrons. The fourth-order valence-electron chi connectivity index (χ4n) is 10.8. The smallest absolute Gasteiger partial charge is 0.328 e. The number of aliphatic carboxylic acids is 2. The number of amides is 14. The molecule has 0 aliphatic carbocycles. The van der Waals surface area contributed by atoms with Gasteiger partial charge in [0.1, 0.15) is 78.5 Å². The third kappa shape index (κ3) is 27.8. The molecule has 14 amide bonds. The maximum atomic E-state index is 14.3. The summed E-state index contributed by atoms with van der Waals surface area (Å²) in [6.07, 6.45) is -2.11. The number of aliphatic hydroxyl groups is 2. The fourth-order valence-corrected chi connectivity index (χ4v) is 11.6. The first kappa shape index (κ1) is 84.9. The van der Waals surface area contributed by atoms with E-state index in [1.54, 1.807) is 13.8 Å². The number of thiol groups is 3. The summed E-state index contributed by atoms with van der Waals surface area (Å²) in [6.45, 7) is 4.00. The largest absolute Gasteiger partial charge is 0.481 e. The van der Waals surface area contributed by atoms with Crippen LogP contribution >= 0.6 is 37.9 Å². The van der Waals surface area contributed by atoms with Crippen molar-refractivity contribution in [3.63, 3.8) is 0 Å². The van der Waals surface area contributed by atoms with Crippen LogP contribution in [-0.4, -0.2) is 266 Å². The zero-order chi connectivity index (χ0) is 74.4. The Morgan fingerprint density at radius 3 is 1.45 bits per heavy atom. The summed E-state index contributed by atoms with van der Waals surface area (Å²) in [5, 5.41) is 65.4. The molecular formula is C58H96N18O20S3. The van der Waals surface area contributed by atoms with Crippen LogP contribution in [0.2, 0.25) is 0 Å². The number of primary amides is 1. The highest BCUT2D eigenvalue weighted by Gasteiger charge is 2.44. The lowest BCUT2D eigenvalue weighted by atomic mass is 10.0. The Hall–Kier alpha value is -8.28. The Balaban J connectivity index is 1.82. The summed E-state index contributed by atoms with van der Waals surface area (Å²) in [5.74, 6) is -17.9. The van der Waals surface area contributed by atoms with E-state index in [-0.39, 0.29) is 95.3 Å². The maximum Gasteiger partial charge on any atom is 0.328 e. The minimum absolute atomic E-state index is 0.0271. The summed E-state index contributed by atoms with van der Waals surface area (Å²) in [5.41, 5.74) is 22.1. The van der Waals surface area contributed by atoms with E-state index in [9.17, 15) is 97.1 Å². The van der Waals surface area contributed by atoms with Gasteiger partial charge in [0.2, 0.25) is 82.7 Å². The second-order valence-corrected chi connectivity index (χ2v) is 25.4. The molecule has 14 atom stereocenters. The van der Waals surface area contributed by atoms with Crippen LogP contribution in [0.1, 0.15) is 117 Å². The van der Waals surface area contributed by atoms with Crippen LogP contribution in [0.3, 0.4) is 0 Å². The second kappa shape index (κ2) is 42.6. The maximum absolute atomic E-state index is 14.3. The fraction of sp³-hybridized carbons (Fsp3) is 0.707. The molecule has 99 heavy (non-hydrogen) atoms. The molecular weight excluding hydrogens is 1360 g/mol. The standard InChI is InChI=1S/C58H96N18O20S3/c1-27(2)21-34(69-53(91)40-12-7-19-75(40)55(93)32-14-16-42(80)64-32)56(94)76-20-8-11-39(76)52(90)68-33(22-43(81)82)48(86)71-37(25-98)51(89)72-36(24-97)49(87)66-30(10-6-18-63-58(61)62)45(83)67-31(13-15-41(60)79)46(84)65-29(9-4-5-17-59)47(85)74-44(28(3)78)54(92)73-38(26-99)50(88)70-35(23-77)57(95)96/h27-40,44,77-78,97-99H,4-26,59H2,1-3H3,(H2,60,79)(H,64,80)(H,65,84)(H,66,87)(H,67,83)(H,68,90)(H,69,91)(H,70,88)(H,71,86)(H,72,89)(H,73,92)(H,74,85)(H,81,82)(H,95,96)(H4,61,62,63)/t28-,29+,30+,31+,32+,33+,34+,35+,36+,37+,38+,39+,40+,44+/m1/s1.